The highest BCUT2D eigenvalue weighted by molar-refractivity contribution is 5.63. The first-order chi connectivity index (χ1) is 6.70. The van der Waals surface area contributed by atoms with Gasteiger partial charge >= 0.3 is 0 Å². The Bertz CT molecular complexity index is 374. The number of fused-ring (bicyclic) bond motifs is 1. The molecule has 1 aromatic carbocycles. The Balaban J connectivity index is 2.37. The Morgan fingerprint density at radius 3 is 3.07 bits per heavy atom. The van der Waals surface area contributed by atoms with E-state index in [1.54, 1.807) is 0 Å². The number of nitrogens with one attached hydrogen (secondary N) is 1. The molecule has 0 amide bonds. The fourth-order valence-corrected chi connectivity index (χ4v) is 1.44. The molecular formula is C11H14N2O. The summed E-state index contributed by atoms with van der Waals surface area (Å²) in [7, 11) is 0. The van der Waals surface area contributed by atoms with Crippen LogP contribution < -0.4 is 15.8 Å². The van der Waals surface area contributed by atoms with Crippen molar-refractivity contribution in [3.05, 3.63) is 36.0 Å². The second kappa shape index (κ2) is 3.35. The zero-order valence-corrected chi connectivity index (χ0v) is 8.21. The molecular weight excluding hydrogens is 176 g/mol. The Morgan fingerprint density at radius 2 is 2.36 bits per heavy atom. The molecule has 0 aliphatic carbocycles. The van der Waals surface area contributed by atoms with Crippen LogP contribution in [0.3, 0.4) is 0 Å². The van der Waals surface area contributed by atoms with Gasteiger partial charge in [0.1, 0.15) is 11.9 Å². The predicted octanol–water partition coefficient (Wildman–Crippen LogP) is 1.85. The lowest BCUT2D eigenvalue weighted by Crippen LogP contribution is -2.24. The number of benzene rings is 1. The third kappa shape index (κ3) is 1.46. The maximum Gasteiger partial charge on any atom is 0.143 e. The Kier molecular flexibility index (Phi) is 2.17. The van der Waals surface area contributed by atoms with Crippen LogP contribution in [0.5, 0.6) is 5.75 Å². The number of anilines is 1. The van der Waals surface area contributed by atoms with Crippen molar-refractivity contribution in [1.29, 1.82) is 0 Å². The average molecular weight is 190 g/mol. The number of hydrogen-bond donors (Lipinski definition) is 2. The minimum atomic E-state index is 0.0197. The summed E-state index contributed by atoms with van der Waals surface area (Å²) in [6.07, 6.45) is 0.0197. The zero-order valence-electron chi connectivity index (χ0n) is 8.21. The topological polar surface area (TPSA) is 47.3 Å². The van der Waals surface area contributed by atoms with Gasteiger partial charge < -0.3 is 15.8 Å². The van der Waals surface area contributed by atoms with Crippen LogP contribution >= 0.6 is 0 Å². The molecule has 1 unspecified atom stereocenters. The van der Waals surface area contributed by atoms with E-state index >= 15 is 0 Å². The van der Waals surface area contributed by atoms with Crippen LogP contribution in [0.25, 0.3) is 0 Å². The van der Waals surface area contributed by atoms with Gasteiger partial charge in [-0.25, -0.2) is 0 Å². The maximum absolute atomic E-state index is 5.64. The van der Waals surface area contributed by atoms with Gasteiger partial charge in [0.15, 0.2) is 0 Å². The highest BCUT2D eigenvalue weighted by atomic mass is 16.5. The molecule has 0 fully saturated rings. The van der Waals surface area contributed by atoms with Gasteiger partial charge in [-0.05, 0) is 24.6 Å². The standard InChI is InChI=1S/C11H14N2O/c1-7-8(2)14-11-4-3-9(6-12)5-10(11)13-7/h3-5,8,13H,1,6,12H2,2H3. The van der Waals surface area contributed by atoms with Crippen LogP contribution in [-0.2, 0) is 6.54 Å². The summed E-state index contributed by atoms with van der Waals surface area (Å²) in [6, 6.07) is 5.90. The van der Waals surface area contributed by atoms with E-state index in [9.17, 15) is 0 Å². The molecule has 0 spiro atoms. The van der Waals surface area contributed by atoms with Gasteiger partial charge in [-0.1, -0.05) is 12.6 Å². The van der Waals surface area contributed by atoms with E-state index in [1.807, 2.05) is 25.1 Å². The molecule has 74 valence electrons. The molecule has 3 N–H and O–H groups in total. The molecule has 3 nitrogen and oxygen atoms in total. The van der Waals surface area contributed by atoms with E-state index in [-0.39, 0.29) is 6.10 Å². The number of nitrogens with two attached hydrogens (primary N) is 1. The van der Waals surface area contributed by atoms with Crippen LogP contribution in [-0.4, -0.2) is 6.10 Å². The van der Waals surface area contributed by atoms with E-state index in [2.05, 4.69) is 11.9 Å². The van der Waals surface area contributed by atoms with Crippen molar-refractivity contribution < 1.29 is 4.74 Å². The van der Waals surface area contributed by atoms with Crippen LogP contribution in [0, 0.1) is 0 Å². The van der Waals surface area contributed by atoms with Crippen molar-refractivity contribution in [2.75, 3.05) is 5.32 Å². The summed E-state index contributed by atoms with van der Waals surface area (Å²) in [5.74, 6) is 0.863. The Labute approximate surface area is 83.6 Å². The van der Waals surface area contributed by atoms with E-state index in [0.717, 1.165) is 22.7 Å². The third-order valence-corrected chi connectivity index (χ3v) is 2.37. The minimum absolute atomic E-state index is 0.0197. The van der Waals surface area contributed by atoms with Gasteiger partial charge in [-0.2, -0.15) is 0 Å². The SMILES string of the molecule is C=C1Nc2cc(CN)ccc2OC1C. The summed E-state index contributed by atoms with van der Waals surface area (Å²) in [5, 5.41) is 3.21. The summed E-state index contributed by atoms with van der Waals surface area (Å²) in [6.45, 7) is 6.39. The quantitative estimate of drug-likeness (QED) is 0.710. The van der Waals surface area contributed by atoms with Gasteiger partial charge in [0.25, 0.3) is 0 Å². The van der Waals surface area contributed by atoms with Crippen LogP contribution in [0.4, 0.5) is 5.69 Å². The van der Waals surface area contributed by atoms with Gasteiger partial charge in [0.05, 0.1) is 5.69 Å². The Hall–Kier alpha value is -1.48. The molecule has 0 bridgehead atoms. The molecule has 3 heteroatoms. The van der Waals surface area contributed by atoms with Crippen molar-refractivity contribution in [2.24, 2.45) is 5.73 Å². The largest absolute Gasteiger partial charge is 0.482 e. The molecule has 0 aromatic heterocycles. The van der Waals surface area contributed by atoms with E-state index in [0.29, 0.717) is 6.54 Å². The average Bonchev–Trinajstić information content (AvgIpc) is 2.19. The summed E-state index contributed by atoms with van der Waals surface area (Å²) in [4.78, 5) is 0. The lowest BCUT2D eigenvalue weighted by atomic mass is 10.1. The van der Waals surface area contributed by atoms with E-state index in [4.69, 9.17) is 10.5 Å². The molecule has 0 saturated heterocycles. The highest BCUT2D eigenvalue weighted by Crippen LogP contribution is 2.32. The normalized spacial score (nSPS) is 19.6. The van der Waals surface area contributed by atoms with Gasteiger partial charge in [-0.15, -0.1) is 0 Å². The molecule has 1 aliphatic rings. The molecule has 14 heavy (non-hydrogen) atoms. The number of ether oxygens (including phenoxy) is 1. The van der Waals surface area contributed by atoms with Crippen molar-refractivity contribution in [2.45, 2.75) is 19.6 Å². The highest BCUT2D eigenvalue weighted by Gasteiger charge is 2.18. The van der Waals surface area contributed by atoms with Gasteiger partial charge in [-0.3, -0.25) is 0 Å². The molecule has 1 aromatic rings. The summed E-state index contributed by atoms with van der Waals surface area (Å²) >= 11 is 0. The van der Waals surface area contributed by atoms with Crippen LogP contribution in [0.15, 0.2) is 30.5 Å². The second-order valence-corrected chi connectivity index (χ2v) is 3.44. The first-order valence-corrected chi connectivity index (χ1v) is 4.66. The maximum atomic E-state index is 5.64. The third-order valence-electron chi connectivity index (χ3n) is 2.37. The minimum Gasteiger partial charge on any atom is -0.482 e. The van der Waals surface area contributed by atoms with E-state index < -0.39 is 0 Å². The molecule has 1 heterocycles. The predicted molar refractivity (Wildman–Crippen MR) is 57.2 cm³/mol. The molecule has 0 saturated carbocycles. The fraction of sp³-hybridized carbons (Fsp3) is 0.273. The number of rotatable bonds is 1. The first kappa shape index (κ1) is 9.09. The fourth-order valence-electron chi connectivity index (χ4n) is 1.44. The lowest BCUT2D eigenvalue weighted by molar-refractivity contribution is 0.252. The van der Waals surface area contributed by atoms with Crippen LogP contribution in [0.1, 0.15) is 12.5 Å². The van der Waals surface area contributed by atoms with Crippen LogP contribution in [0.2, 0.25) is 0 Å². The van der Waals surface area contributed by atoms with Crippen molar-refractivity contribution in [1.82, 2.24) is 0 Å². The number of hydrogen-bond acceptors (Lipinski definition) is 3. The molecule has 0 radical (unpaired) electrons. The molecule has 1 atom stereocenters. The first-order valence-electron chi connectivity index (χ1n) is 4.66. The molecule has 1 aliphatic heterocycles. The Morgan fingerprint density at radius 1 is 1.57 bits per heavy atom. The zero-order chi connectivity index (χ0) is 10.1. The van der Waals surface area contributed by atoms with Crippen molar-refractivity contribution in [3.8, 4) is 5.75 Å². The van der Waals surface area contributed by atoms with Crippen molar-refractivity contribution >= 4 is 5.69 Å². The van der Waals surface area contributed by atoms with E-state index in [1.165, 1.54) is 0 Å². The van der Waals surface area contributed by atoms with Gasteiger partial charge in [0.2, 0.25) is 0 Å². The lowest BCUT2D eigenvalue weighted by Gasteiger charge is -2.27. The summed E-state index contributed by atoms with van der Waals surface area (Å²) < 4.78 is 5.64. The molecule has 2 rings (SSSR count). The summed E-state index contributed by atoms with van der Waals surface area (Å²) in [5.41, 5.74) is 8.48. The smallest absolute Gasteiger partial charge is 0.143 e. The monoisotopic (exact) mass is 190 g/mol. The van der Waals surface area contributed by atoms with Gasteiger partial charge in [0, 0.05) is 12.2 Å². The second-order valence-electron chi connectivity index (χ2n) is 3.44. The van der Waals surface area contributed by atoms with Crippen molar-refractivity contribution in [3.63, 3.8) is 0 Å².